The SMILES string of the molecule is C=C(CC)C1CCC(OC(=O)C2CCC(CCCC)CC2)CC1. The van der Waals surface area contributed by atoms with Crippen LogP contribution >= 0.6 is 0 Å². The fourth-order valence-corrected chi connectivity index (χ4v) is 4.32. The first-order chi connectivity index (χ1) is 11.1. The Balaban J connectivity index is 1.67. The molecule has 0 spiro atoms. The van der Waals surface area contributed by atoms with Crippen molar-refractivity contribution < 1.29 is 9.53 Å². The monoisotopic (exact) mass is 320 g/mol. The van der Waals surface area contributed by atoms with Gasteiger partial charge in [0.2, 0.25) is 0 Å². The molecule has 0 aliphatic heterocycles. The Morgan fingerprint density at radius 3 is 2.13 bits per heavy atom. The highest BCUT2D eigenvalue weighted by Crippen LogP contribution is 2.35. The van der Waals surface area contributed by atoms with Gasteiger partial charge < -0.3 is 4.74 Å². The number of ether oxygens (including phenoxy) is 1. The first-order valence-electron chi connectivity index (χ1n) is 10.0. The third kappa shape index (κ3) is 5.65. The maximum absolute atomic E-state index is 12.4. The molecule has 2 heteroatoms. The average molecular weight is 321 g/mol. The number of esters is 1. The van der Waals surface area contributed by atoms with Crippen LogP contribution in [0, 0.1) is 17.8 Å². The van der Waals surface area contributed by atoms with Crippen LogP contribution in [0.3, 0.4) is 0 Å². The van der Waals surface area contributed by atoms with Crippen LogP contribution in [0.5, 0.6) is 0 Å². The van der Waals surface area contributed by atoms with Gasteiger partial charge in [0.15, 0.2) is 0 Å². The molecule has 0 amide bonds. The predicted octanol–water partition coefficient (Wildman–Crippen LogP) is 6.05. The second-order valence-corrected chi connectivity index (χ2v) is 7.78. The topological polar surface area (TPSA) is 26.3 Å². The standard InChI is InChI=1S/C21H36O2/c1-4-6-7-17-8-10-19(11-9-17)21(22)23-20-14-12-18(13-15-20)16(3)5-2/h17-20H,3-15H2,1-2H3. The molecule has 23 heavy (non-hydrogen) atoms. The molecule has 0 atom stereocenters. The minimum absolute atomic E-state index is 0.0942. The van der Waals surface area contributed by atoms with Crippen molar-refractivity contribution in [1.82, 2.24) is 0 Å². The van der Waals surface area contributed by atoms with Crippen molar-refractivity contribution in [2.45, 2.75) is 97.0 Å². The minimum Gasteiger partial charge on any atom is -0.462 e. The molecule has 2 rings (SSSR count). The normalized spacial score (nSPS) is 31.6. The molecule has 2 aliphatic carbocycles. The molecule has 0 radical (unpaired) electrons. The molecule has 2 aliphatic rings. The highest BCUT2D eigenvalue weighted by atomic mass is 16.5. The number of hydrogen-bond donors (Lipinski definition) is 0. The summed E-state index contributed by atoms with van der Waals surface area (Å²) in [4.78, 5) is 12.4. The van der Waals surface area contributed by atoms with E-state index >= 15 is 0 Å². The molecule has 2 fully saturated rings. The number of unbranched alkanes of at least 4 members (excludes halogenated alkanes) is 1. The summed E-state index contributed by atoms with van der Waals surface area (Å²) < 4.78 is 5.84. The zero-order valence-corrected chi connectivity index (χ0v) is 15.3. The van der Waals surface area contributed by atoms with Gasteiger partial charge in [-0.25, -0.2) is 0 Å². The van der Waals surface area contributed by atoms with Crippen LogP contribution in [0.25, 0.3) is 0 Å². The second-order valence-electron chi connectivity index (χ2n) is 7.78. The Kier molecular flexibility index (Phi) is 7.65. The van der Waals surface area contributed by atoms with Crippen molar-refractivity contribution in [2.24, 2.45) is 17.8 Å². The van der Waals surface area contributed by atoms with Crippen LogP contribution in [0.15, 0.2) is 12.2 Å². The van der Waals surface area contributed by atoms with E-state index in [9.17, 15) is 4.79 Å². The van der Waals surface area contributed by atoms with Crippen LogP contribution < -0.4 is 0 Å². The van der Waals surface area contributed by atoms with Gasteiger partial charge in [-0.1, -0.05) is 45.3 Å². The third-order valence-electron chi connectivity index (χ3n) is 6.13. The highest BCUT2D eigenvalue weighted by Gasteiger charge is 2.30. The average Bonchev–Trinajstić information content (AvgIpc) is 2.60. The van der Waals surface area contributed by atoms with Gasteiger partial charge in [0.05, 0.1) is 5.92 Å². The fourth-order valence-electron chi connectivity index (χ4n) is 4.32. The minimum atomic E-state index is 0.0942. The van der Waals surface area contributed by atoms with E-state index in [2.05, 4.69) is 20.4 Å². The van der Waals surface area contributed by atoms with E-state index in [1.165, 1.54) is 37.7 Å². The first kappa shape index (κ1) is 18.5. The summed E-state index contributed by atoms with van der Waals surface area (Å²) in [5.41, 5.74) is 1.38. The Morgan fingerprint density at radius 1 is 0.957 bits per heavy atom. The van der Waals surface area contributed by atoms with Gasteiger partial charge in [-0.15, -0.1) is 0 Å². The molecule has 0 aromatic rings. The summed E-state index contributed by atoms with van der Waals surface area (Å²) in [6.07, 6.45) is 14.1. The van der Waals surface area contributed by atoms with Gasteiger partial charge in [0, 0.05) is 0 Å². The first-order valence-corrected chi connectivity index (χ1v) is 10.0. The van der Waals surface area contributed by atoms with Crippen molar-refractivity contribution in [3.05, 3.63) is 12.2 Å². The Hall–Kier alpha value is -0.790. The van der Waals surface area contributed by atoms with Gasteiger partial charge in [-0.05, 0) is 69.6 Å². The van der Waals surface area contributed by atoms with Gasteiger partial charge in [-0.3, -0.25) is 4.79 Å². The number of carbonyl (C=O) groups excluding carboxylic acids is 1. The van der Waals surface area contributed by atoms with E-state index in [1.807, 2.05) is 0 Å². The summed E-state index contributed by atoms with van der Waals surface area (Å²) in [5.74, 6) is 1.78. The summed E-state index contributed by atoms with van der Waals surface area (Å²) in [6, 6.07) is 0. The summed E-state index contributed by atoms with van der Waals surface area (Å²) in [7, 11) is 0. The van der Waals surface area contributed by atoms with E-state index in [0.717, 1.165) is 50.9 Å². The Labute approximate surface area is 143 Å². The molecule has 0 unspecified atom stereocenters. The number of hydrogen-bond acceptors (Lipinski definition) is 2. The van der Waals surface area contributed by atoms with Gasteiger partial charge in [0.1, 0.15) is 6.10 Å². The van der Waals surface area contributed by atoms with Gasteiger partial charge in [-0.2, -0.15) is 0 Å². The molecule has 0 N–H and O–H groups in total. The lowest BCUT2D eigenvalue weighted by atomic mass is 9.79. The summed E-state index contributed by atoms with van der Waals surface area (Å²) in [5, 5.41) is 0. The van der Waals surface area contributed by atoms with Crippen molar-refractivity contribution in [2.75, 3.05) is 0 Å². The number of carbonyl (C=O) groups is 1. The molecular formula is C21H36O2. The Morgan fingerprint density at radius 2 is 1.57 bits per heavy atom. The maximum Gasteiger partial charge on any atom is 0.309 e. The second kappa shape index (κ2) is 9.49. The van der Waals surface area contributed by atoms with Crippen LogP contribution in [-0.2, 0) is 9.53 Å². The van der Waals surface area contributed by atoms with E-state index in [0.29, 0.717) is 5.92 Å². The molecule has 0 aromatic heterocycles. The fraction of sp³-hybridized carbons (Fsp3) is 0.857. The zero-order valence-electron chi connectivity index (χ0n) is 15.3. The van der Waals surface area contributed by atoms with Gasteiger partial charge >= 0.3 is 5.97 Å². The molecular weight excluding hydrogens is 284 g/mol. The number of rotatable bonds is 7. The molecule has 0 heterocycles. The van der Waals surface area contributed by atoms with Crippen LogP contribution in [-0.4, -0.2) is 12.1 Å². The van der Waals surface area contributed by atoms with Gasteiger partial charge in [0.25, 0.3) is 0 Å². The smallest absolute Gasteiger partial charge is 0.309 e. The Bertz CT molecular complexity index is 371. The van der Waals surface area contributed by atoms with Crippen molar-refractivity contribution in [1.29, 1.82) is 0 Å². The molecule has 0 bridgehead atoms. The zero-order chi connectivity index (χ0) is 16.7. The van der Waals surface area contributed by atoms with E-state index < -0.39 is 0 Å². The molecule has 132 valence electrons. The van der Waals surface area contributed by atoms with Crippen molar-refractivity contribution >= 4 is 5.97 Å². The lowest BCUT2D eigenvalue weighted by Gasteiger charge is -2.32. The van der Waals surface area contributed by atoms with E-state index in [-0.39, 0.29) is 18.0 Å². The summed E-state index contributed by atoms with van der Waals surface area (Å²) in [6.45, 7) is 8.62. The molecule has 2 saturated carbocycles. The van der Waals surface area contributed by atoms with E-state index in [1.54, 1.807) is 0 Å². The van der Waals surface area contributed by atoms with Crippen LogP contribution in [0.2, 0.25) is 0 Å². The third-order valence-corrected chi connectivity index (χ3v) is 6.13. The lowest BCUT2D eigenvalue weighted by Crippen LogP contribution is -2.30. The predicted molar refractivity (Wildman–Crippen MR) is 96.2 cm³/mol. The largest absolute Gasteiger partial charge is 0.462 e. The molecule has 0 aromatic carbocycles. The number of allylic oxidation sites excluding steroid dienone is 1. The highest BCUT2D eigenvalue weighted by molar-refractivity contribution is 5.72. The maximum atomic E-state index is 12.4. The van der Waals surface area contributed by atoms with E-state index in [4.69, 9.17) is 4.74 Å². The lowest BCUT2D eigenvalue weighted by molar-refractivity contribution is -0.157. The van der Waals surface area contributed by atoms with Crippen molar-refractivity contribution in [3.63, 3.8) is 0 Å². The van der Waals surface area contributed by atoms with Crippen molar-refractivity contribution in [3.8, 4) is 0 Å². The quantitative estimate of drug-likeness (QED) is 0.421. The van der Waals surface area contributed by atoms with Crippen LogP contribution in [0.1, 0.15) is 90.9 Å². The molecule has 0 saturated heterocycles. The molecule has 2 nitrogen and oxygen atoms in total. The summed E-state index contributed by atoms with van der Waals surface area (Å²) >= 11 is 0. The van der Waals surface area contributed by atoms with Crippen LogP contribution in [0.4, 0.5) is 0 Å².